The van der Waals surface area contributed by atoms with Crippen LogP contribution in [0.15, 0.2) is 54.7 Å². The van der Waals surface area contributed by atoms with Gasteiger partial charge in [-0.2, -0.15) is 5.10 Å². The summed E-state index contributed by atoms with van der Waals surface area (Å²) in [6, 6.07) is 16.1. The number of carbonyl (C=O) groups is 3. The van der Waals surface area contributed by atoms with E-state index in [2.05, 4.69) is 27.9 Å². The predicted molar refractivity (Wildman–Crippen MR) is 130 cm³/mol. The number of benzene rings is 2. The topological polar surface area (TPSA) is 123 Å². The predicted octanol–water partition coefficient (Wildman–Crippen LogP) is 4.01. The van der Waals surface area contributed by atoms with Crippen molar-refractivity contribution < 1.29 is 24.2 Å². The summed E-state index contributed by atoms with van der Waals surface area (Å²) in [6.45, 7) is 3.49. The van der Waals surface area contributed by atoms with E-state index in [1.54, 1.807) is 20.9 Å². The Morgan fingerprint density at radius 2 is 1.66 bits per heavy atom. The zero-order valence-electron chi connectivity index (χ0n) is 19.9. The molecule has 3 N–H and O–H groups in total. The van der Waals surface area contributed by atoms with Crippen LogP contribution in [0.5, 0.6) is 0 Å². The third-order valence-corrected chi connectivity index (χ3v) is 6.36. The van der Waals surface area contributed by atoms with Crippen LogP contribution < -0.4 is 10.6 Å². The highest BCUT2D eigenvalue weighted by atomic mass is 16.5. The van der Waals surface area contributed by atoms with Crippen molar-refractivity contribution in [3.05, 3.63) is 71.4 Å². The lowest BCUT2D eigenvalue weighted by Crippen LogP contribution is -2.32. The van der Waals surface area contributed by atoms with Crippen LogP contribution in [0.2, 0.25) is 0 Å². The van der Waals surface area contributed by atoms with Crippen molar-refractivity contribution in [1.82, 2.24) is 15.1 Å². The van der Waals surface area contributed by atoms with E-state index in [1.807, 2.05) is 36.4 Å². The van der Waals surface area contributed by atoms with E-state index >= 15 is 0 Å². The first-order valence-electron chi connectivity index (χ1n) is 11.3. The van der Waals surface area contributed by atoms with Gasteiger partial charge in [-0.3, -0.25) is 19.6 Å². The smallest absolute Gasteiger partial charge is 0.412 e. The molecule has 2 amide bonds. The third kappa shape index (κ3) is 4.89. The number of carbonyl (C=O) groups excluding carboxylic acids is 2. The second kappa shape index (κ2) is 9.61. The highest BCUT2D eigenvalue weighted by Crippen LogP contribution is 2.44. The number of rotatable bonds is 8. The fourth-order valence-corrected chi connectivity index (χ4v) is 4.17. The fourth-order valence-electron chi connectivity index (χ4n) is 4.17. The number of nitrogens with zero attached hydrogens (tertiary/aromatic N) is 2. The van der Waals surface area contributed by atoms with Crippen LogP contribution >= 0.6 is 0 Å². The van der Waals surface area contributed by atoms with Gasteiger partial charge < -0.3 is 15.2 Å². The van der Waals surface area contributed by atoms with E-state index in [4.69, 9.17) is 4.74 Å². The molecule has 4 rings (SSSR count). The van der Waals surface area contributed by atoms with E-state index in [0.29, 0.717) is 0 Å². The summed E-state index contributed by atoms with van der Waals surface area (Å²) in [5.74, 6) is -1.30. The van der Waals surface area contributed by atoms with Gasteiger partial charge in [-0.25, -0.2) is 4.79 Å². The van der Waals surface area contributed by atoms with E-state index in [9.17, 15) is 19.5 Å². The number of carboxylic acids is 1. The summed E-state index contributed by atoms with van der Waals surface area (Å²) >= 11 is 0. The standard InChI is InChI=1S/C26H28N4O5/c1-26(2,24(32)33)12-13-27-23(31)20-14-28-30(3)22(20)29-25(34)35-15-21-18-10-6-4-8-16(18)17-9-5-7-11-19(17)21/h4-11,14,21H,12-13,15H2,1-3H3,(H,27,31)(H,29,34)(H,32,33). The van der Waals surface area contributed by atoms with Gasteiger partial charge in [0, 0.05) is 19.5 Å². The zero-order valence-corrected chi connectivity index (χ0v) is 19.9. The van der Waals surface area contributed by atoms with Crippen molar-refractivity contribution in [2.45, 2.75) is 26.2 Å². The lowest BCUT2D eigenvalue weighted by atomic mass is 9.90. The van der Waals surface area contributed by atoms with Crippen LogP contribution in [0.3, 0.4) is 0 Å². The Morgan fingerprint density at radius 1 is 1.06 bits per heavy atom. The number of anilines is 1. The van der Waals surface area contributed by atoms with E-state index in [0.717, 1.165) is 22.3 Å². The highest BCUT2D eigenvalue weighted by Gasteiger charge is 2.30. The number of hydrogen-bond donors (Lipinski definition) is 3. The number of hydrogen-bond acceptors (Lipinski definition) is 5. The van der Waals surface area contributed by atoms with Crippen molar-refractivity contribution in [1.29, 1.82) is 0 Å². The van der Waals surface area contributed by atoms with Gasteiger partial charge in [0.25, 0.3) is 5.91 Å². The monoisotopic (exact) mass is 476 g/mol. The zero-order chi connectivity index (χ0) is 25.2. The average Bonchev–Trinajstić information content (AvgIpc) is 3.35. The third-order valence-electron chi connectivity index (χ3n) is 6.36. The maximum absolute atomic E-state index is 12.7. The number of nitrogens with one attached hydrogen (secondary N) is 2. The molecular weight excluding hydrogens is 448 g/mol. The molecule has 1 aliphatic carbocycles. The summed E-state index contributed by atoms with van der Waals surface area (Å²) in [7, 11) is 1.60. The molecule has 0 bridgehead atoms. The minimum atomic E-state index is -0.968. The van der Waals surface area contributed by atoms with Gasteiger partial charge in [-0.1, -0.05) is 48.5 Å². The van der Waals surface area contributed by atoms with E-state index in [1.165, 1.54) is 10.9 Å². The second-order valence-corrected chi connectivity index (χ2v) is 9.18. The summed E-state index contributed by atoms with van der Waals surface area (Å²) in [4.78, 5) is 36.6. The van der Waals surface area contributed by atoms with Crippen molar-refractivity contribution in [3.63, 3.8) is 0 Å². The molecule has 3 aromatic rings. The number of amides is 2. The summed E-state index contributed by atoms with van der Waals surface area (Å²) in [6.07, 6.45) is 0.900. The molecule has 0 saturated heterocycles. The SMILES string of the molecule is Cn1ncc(C(=O)NCCC(C)(C)C(=O)O)c1NC(=O)OCC1c2ccccc2-c2ccccc21. The quantitative estimate of drug-likeness (QED) is 0.451. The number of aryl methyl sites for hydroxylation is 1. The number of aromatic nitrogens is 2. The number of fused-ring (bicyclic) bond motifs is 3. The Morgan fingerprint density at radius 3 is 2.26 bits per heavy atom. The molecule has 1 aliphatic rings. The van der Waals surface area contributed by atoms with Crippen molar-refractivity contribution in [2.75, 3.05) is 18.5 Å². The number of ether oxygens (including phenoxy) is 1. The molecule has 0 aliphatic heterocycles. The summed E-state index contributed by atoms with van der Waals surface area (Å²) < 4.78 is 6.94. The molecule has 182 valence electrons. The molecule has 1 aromatic heterocycles. The minimum Gasteiger partial charge on any atom is -0.481 e. The van der Waals surface area contributed by atoms with Gasteiger partial charge >= 0.3 is 12.1 Å². The maximum atomic E-state index is 12.7. The molecule has 0 unspecified atom stereocenters. The van der Waals surface area contributed by atoms with Crippen LogP contribution in [0, 0.1) is 5.41 Å². The molecule has 0 fully saturated rings. The van der Waals surface area contributed by atoms with Crippen LogP contribution in [-0.2, 0) is 16.6 Å². The first-order chi connectivity index (χ1) is 16.7. The largest absolute Gasteiger partial charge is 0.481 e. The van der Waals surface area contributed by atoms with Gasteiger partial charge in [0.05, 0.1) is 11.6 Å². The number of aliphatic carboxylic acids is 1. The lowest BCUT2D eigenvalue weighted by Gasteiger charge is -2.19. The number of carboxylic acid groups (broad SMARTS) is 1. The average molecular weight is 477 g/mol. The molecule has 2 aromatic carbocycles. The lowest BCUT2D eigenvalue weighted by molar-refractivity contribution is -0.147. The molecule has 35 heavy (non-hydrogen) atoms. The van der Waals surface area contributed by atoms with Crippen LogP contribution in [0.25, 0.3) is 11.1 Å². The molecule has 0 saturated carbocycles. The summed E-state index contributed by atoms with van der Waals surface area (Å²) in [5, 5.41) is 18.6. The molecule has 1 heterocycles. The van der Waals surface area contributed by atoms with Gasteiger partial charge in [-0.05, 0) is 42.5 Å². The van der Waals surface area contributed by atoms with Crippen LogP contribution in [0.1, 0.15) is 47.7 Å². The maximum Gasteiger partial charge on any atom is 0.412 e. The van der Waals surface area contributed by atoms with Gasteiger partial charge in [-0.15, -0.1) is 0 Å². The van der Waals surface area contributed by atoms with Crippen molar-refractivity contribution in [3.8, 4) is 11.1 Å². The molecule has 9 heteroatoms. The Kier molecular flexibility index (Phi) is 6.59. The molecular formula is C26H28N4O5. The Labute approximate surface area is 203 Å². The second-order valence-electron chi connectivity index (χ2n) is 9.18. The fraction of sp³-hybridized carbons (Fsp3) is 0.308. The van der Waals surface area contributed by atoms with Gasteiger partial charge in [0.2, 0.25) is 0 Å². The Balaban J connectivity index is 1.40. The Bertz CT molecular complexity index is 1230. The normalized spacial score (nSPS) is 12.5. The Hall–Kier alpha value is -4.14. The molecule has 0 spiro atoms. The van der Waals surface area contributed by atoms with Crippen molar-refractivity contribution in [2.24, 2.45) is 12.5 Å². The molecule has 0 atom stereocenters. The van der Waals surface area contributed by atoms with Crippen LogP contribution in [0.4, 0.5) is 10.6 Å². The van der Waals surface area contributed by atoms with E-state index < -0.39 is 23.4 Å². The van der Waals surface area contributed by atoms with Crippen molar-refractivity contribution >= 4 is 23.8 Å². The van der Waals surface area contributed by atoms with Crippen LogP contribution in [-0.4, -0.2) is 46.0 Å². The molecule has 9 nitrogen and oxygen atoms in total. The van der Waals surface area contributed by atoms with Gasteiger partial charge in [0.15, 0.2) is 0 Å². The van der Waals surface area contributed by atoms with Gasteiger partial charge in [0.1, 0.15) is 18.0 Å². The molecule has 0 radical (unpaired) electrons. The minimum absolute atomic E-state index is 0.0833. The summed E-state index contributed by atoms with van der Waals surface area (Å²) in [5.41, 5.74) is 3.67. The van der Waals surface area contributed by atoms with E-state index in [-0.39, 0.29) is 36.9 Å². The first kappa shape index (κ1) is 24.0. The highest BCUT2D eigenvalue weighted by molar-refractivity contribution is 6.01. The first-order valence-corrected chi connectivity index (χ1v) is 11.3.